The molecule has 0 amide bonds. The van der Waals surface area contributed by atoms with Gasteiger partial charge in [0.25, 0.3) is 0 Å². The van der Waals surface area contributed by atoms with Crippen LogP contribution in [0.25, 0.3) is 0 Å². The van der Waals surface area contributed by atoms with Crippen molar-refractivity contribution < 1.29 is 0 Å². The van der Waals surface area contributed by atoms with E-state index in [0.29, 0.717) is 10.8 Å². The SMILES string of the molecule is C=CCC1C[C@H]2[C@@H]3CCC4CCCC[C@]4(C)[C@H]3CC[C@]2(C)C1. The Morgan fingerprint density at radius 1 is 1.00 bits per heavy atom. The summed E-state index contributed by atoms with van der Waals surface area (Å²) in [6.07, 6.45) is 18.8. The van der Waals surface area contributed by atoms with E-state index in [2.05, 4.69) is 26.5 Å². The van der Waals surface area contributed by atoms with Gasteiger partial charge in [-0.3, -0.25) is 0 Å². The molecule has 0 heteroatoms. The molecule has 0 aromatic heterocycles. The minimum absolute atomic E-state index is 0.673. The normalized spacial score (nSPS) is 54.2. The zero-order valence-corrected chi connectivity index (χ0v) is 14.9. The maximum Gasteiger partial charge on any atom is -0.0266 e. The Morgan fingerprint density at radius 2 is 1.86 bits per heavy atom. The molecule has 0 N–H and O–H groups in total. The number of fused-ring (bicyclic) bond motifs is 5. The van der Waals surface area contributed by atoms with Gasteiger partial charge in [0.1, 0.15) is 0 Å². The maximum atomic E-state index is 4.01. The molecule has 0 spiro atoms. The van der Waals surface area contributed by atoms with E-state index in [1.54, 1.807) is 32.1 Å². The van der Waals surface area contributed by atoms with Crippen LogP contribution in [0.3, 0.4) is 0 Å². The van der Waals surface area contributed by atoms with Crippen molar-refractivity contribution in [2.24, 2.45) is 40.4 Å². The smallest absolute Gasteiger partial charge is 0.0266 e. The molecule has 2 unspecified atom stereocenters. The highest BCUT2D eigenvalue weighted by Gasteiger charge is 2.58. The van der Waals surface area contributed by atoms with E-state index in [1.807, 2.05) is 0 Å². The van der Waals surface area contributed by atoms with Crippen molar-refractivity contribution in [3.63, 3.8) is 0 Å². The Balaban J connectivity index is 1.59. The van der Waals surface area contributed by atoms with Crippen molar-refractivity contribution in [2.75, 3.05) is 0 Å². The second-order valence-electron chi connectivity index (χ2n) is 9.93. The Labute approximate surface area is 138 Å². The van der Waals surface area contributed by atoms with E-state index in [4.69, 9.17) is 0 Å². The molecule has 0 aromatic carbocycles. The molecule has 0 bridgehead atoms. The summed E-state index contributed by atoms with van der Waals surface area (Å²) in [7, 11) is 0. The predicted molar refractivity (Wildman–Crippen MR) is 94.6 cm³/mol. The Bertz CT molecular complexity index is 437. The first-order valence-electron chi connectivity index (χ1n) is 10.2. The first-order chi connectivity index (χ1) is 10.6. The summed E-state index contributed by atoms with van der Waals surface area (Å²) in [6, 6.07) is 0. The van der Waals surface area contributed by atoms with E-state index in [1.165, 1.54) is 38.5 Å². The van der Waals surface area contributed by atoms with Crippen molar-refractivity contribution in [2.45, 2.75) is 84.5 Å². The molecular formula is C22H36. The van der Waals surface area contributed by atoms with Crippen LogP contribution in [0, 0.1) is 40.4 Å². The quantitative estimate of drug-likeness (QED) is 0.503. The van der Waals surface area contributed by atoms with E-state index in [-0.39, 0.29) is 0 Å². The molecule has 124 valence electrons. The minimum Gasteiger partial charge on any atom is -0.103 e. The van der Waals surface area contributed by atoms with Gasteiger partial charge in [-0.1, -0.05) is 32.8 Å². The lowest BCUT2D eigenvalue weighted by Gasteiger charge is -2.60. The monoisotopic (exact) mass is 300 g/mol. The molecule has 0 saturated heterocycles. The third-order valence-electron chi connectivity index (χ3n) is 8.94. The van der Waals surface area contributed by atoms with Crippen LogP contribution in [-0.2, 0) is 0 Å². The molecule has 0 heterocycles. The summed E-state index contributed by atoms with van der Waals surface area (Å²) in [5, 5.41) is 0. The second kappa shape index (κ2) is 5.38. The Kier molecular flexibility index (Phi) is 3.74. The van der Waals surface area contributed by atoms with Crippen LogP contribution in [0.1, 0.15) is 84.5 Å². The number of rotatable bonds is 2. The third kappa shape index (κ3) is 2.15. The highest BCUT2D eigenvalue weighted by molar-refractivity contribution is 5.08. The summed E-state index contributed by atoms with van der Waals surface area (Å²) in [5.74, 6) is 5.18. The first kappa shape index (κ1) is 15.3. The lowest BCUT2D eigenvalue weighted by Crippen LogP contribution is -2.51. The Morgan fingerprint density at radius 3 is 2.68 bits per heavy atom. The van der Waals surface area contributed by atoms with Crippen molar-refractivity contribution in [3.8, 4) is 0 Å². The van der Waals surface area contributed by atoms with Gasteiger partial charge in [-0.05, 0) is 98.2 Å². The molecule has 0 aromatic rings. The number of allylic oxidation sites excluding steroid dienone is 1. The van der Waals surface area contributed by atoms with Gasteiger partial charge in [-0.15, -0.1) is 6.58 Å². The van der Waals surface area contributed by atoms with Crippen LogP contribution >= 0.6 is 0 Å². The summed E-state index contributed by atoms with van der Waals surface area (Å²) in [5.41, 5.74) is 1.38. The average molecular weight is 301 g/mol. The molecule has 4 aliphatic rings. The van der Waals surface area contributed by atoms with Crippen molar-refractivity contribution >= 4 is 0 Å². The summed E-state index contributed by atoms with van der Waals surface area (Å²) in [6.45, 7) is 9.36. The minimum atomic E-state index is 0.673. The maximum absolute atomic E-state index is 4.01. The van der Waals surface area contributed by atoms with Crippen molar-refractivity contribution in [1.82, 2.24) is 0 Å². The lowest BCUT2D eigenvalue weighted by atomic mass is 9.45. The molecule has 0 aliphatic heterocycles. The van der Waals surface area contributed by atoms with Gasteiger partial charge in [-0.2, -0.15) is 0 Å². The van der Waals surface area contributed by atoms with Crippen LogP contribution in [-0.4, -0.2) is 0 Å². The van der Waals surface area contributed by atoms with Crippen LogP contribution < -0.4 is 0 Å². The van der Waals surface area contributed by atoms with Gasteiger partial charge in [0.2, 0.25) is 0 Å². The average Bonchev–Trinajstić information content (AvgIpc) is 2.83. The topological polar surface area (TPSA) is 0 Å². The summed E-state index contributed by atoms with van der Waals surface area (Å²) >= 11 is 0. The van der Waals surface area contributed by atoms with Gasteiger partial charge in [0.15, 0.2) is 0 Å². The first-order valence-corrected chi connectivity index (χ1v) is 10.2. The zero-order valence-electron chi connectivity index (χ0n) is 14.9. The van der Waals surface area contributed by atoms with Gasteiger partial charge in [0.05, 0.1) is 0 Å². The molecule has 4 fully saturated rings. The largest absolute Gasteiger partial charge is 0.103 e. The molecule has 4 saturated carbocycles. The summed E-state index contributed by atoms with van der Waals surface area (Å²) < 4.78 is 0. The molecule has 4 aliphatic carbocycles. The van der Waals surface area contributed by atoms with E-state index < -0.39 is 0 Å². The van der Waals surface area contributed by atoms with Gasteiger partial charge in [0, 0.05) is 0 Å². The second-order valence-corrected chi connectivity index (χ2v) is 9.93. The standard InChI is InChI=1S/C22H36/c1-4-7-16-14-20-18-10-9-17-8-5-6-12-22(17,3)19(18)11-13-21(20,2)15-16/h4,16-20H,1,5-15H2,2-3H3/t16?,17?,18-,19+,20+,21-,22+/m1/s1. The van der Waals surface area contributed by atoms with E-state index in [0.717, 1.165) is 29.6 Å². The number of hydrogen-bond acceptors (Lipinski definition) is 0. The van der Waals surface area contributed by atoms with Crippen molar-refractivity contribution in [1.29, 1.82) is 0 Å². The van der Waals surface area contributed by atoms with Crippen LogP contribution in [0.15, 0.2) is 12.7 Å². The number of hydrogen-bond donors (Lipinski definition) is 0. The molecule has 22 heavy (non-hydrogen) atoms. The fourth-order valence-corrected chi connectivity index (χ4v) is 7.92. The summed E-state index contributed by atoms with van der Waals surface area (Å²) in [4.78, 5) is 0. The third-order valence-corrected chi connectivity index (χ3v) is 8.94. The zero-order chi connectivity index (χ0) is 15.4. The predicted octanol–water partition coefficient (Wildman–Crippen LogP) is 6.61. The fraction of sp³-hybridized carbons (Fsp3) is 0.909. The molecule has 7 atom stereocenters. The molecule has 4 rings (SSSR count). The Hall–Kier alpha value is -0.260. The van der Waals surface area contributed by atoms with Gasteiger partial charge in [-0.25, -0.2) is 0 Å². The van der Waals surface area contributed by atoms with Gasteiger partial charge < -0.3 is 0 Å². The fourth-order valence-electron chi connectivity index (χ4n) is 7.92. The highest BCUT2D eigenvalue weighted by Crippen LogP contribution is 2.67. The molecular weight excluding hydrogens is 264 g/mol. The van der Waals surface area contributed by atoms with Crippen LogP contribution in [0.2, 0.25) is 0 Å². The van der Waals surface area contributed by atoms with E-state index >= 15 is 0 Å². The van der Waals surface area contributed by atoms with E-state index in [9.17, 15) is 0 Å². The van der Waals surface area contributed by atoms with Gasteiger partial charge >= 0.3 is 0 Å². The lowest BCUT2D eigenvalue weighted by molar-refractivity contribution is -0.103. The highest BCUT2D eigenvalue weighted by atomic mass is 14.6. The van der Waals surface area contributed by atoms with Crippen LogP contribution in [0.5, 0.6) is 0 Å². The van der Waals surface area contributed by atoms with Crippen LogP contribution in [0.4, 0.5) is 0 Å². The van der Waals surface area contributed by atoms with Crippen molar-refractivity contribution in [3.05, 3.63) is 12.7 Å². The molecule has 0 nitrogen and oxygen atoms in total. The molecule has 0 radical (unpaired) electrons.